The van der Waals surface area contributed by atoms with Crippen molar-refractivity contribution in [3.8, 4) is 0 Å². The van der Waals surface area contributed by atoms with E-state index in [0.717, 1.165) is 34.0 Å². The second-order valence-electron chi connectivity index (χ2n) is 5.85. The van der Waals surface area contributed by atoms with Crippen LogP contribution in [0.25, 0.3) is 0 Å². The maximum atomic E-state index is 5.25. The molecule has 0 spiro atoms. The summed E-state index contributed by atoms with van der Waals surface area (Å²) in [5, 5.41) is 8.26. The van der Waals surface area contributed by atoms with Gasteiger partial charge in [0.25, 0.3) is 0 Å². The molecule has 7 heteroatoms. The fourth-order valence-corrected chi connectivity index (χ4v) is 3.05. The lowest BCUT2D eigenvalue weighted by Crippen LogP contribution is -2.28. The summed E-state index contributed by atoms with van der Waals surface area (Å²) in [5.74, 6) is 2.94. The second-order valence-corrected chi connectivity index (χ2v) is 6.84. The predicted molar refractivity (Wildman–Crippen MR) is 84.8 cm³/mol. The topological polar surface area (TPSA) is 76.7 Å². The third kappa shape index (κ3) is 4.27. The molecule has 1 saturated carbocycles. The Balaban J connectivity index is 1.44. The van der Waals surface area contributed by atoms with E-state index in [4.69, 9.17) is 4.52 Å². The van der Waals surface area contributed by atoms with E-state index in [1.807, 2.05) is 19.9 Å². The van der Waals surface area contributed by atoms with Gasteiger partial charge in [0.05, 0.1) is 6.54 Å². The van der Waals surface area contributed by atoms with Crippen molar-refractivity contribution in [2.75, 3.05) is 5.75 Å². The van der Waals surface area contributed by atoms with E-state index in [9.17, 15) is 0 Å². The molecule has 2 heterocycles. The van der Waals surface area contributed by atoms with Crippen LogP contribution in [0.15, 0.2) is 15.7 Å². The van der Waals surface area contributed by atoms with Crippen LogP contribution in [0.5, 0.6) is 0 Å². The van der Waals surface area contributed by atoms with E-state index in [1.165, 1.54) is 12.8 Å². The minimum atomic E-state index is 0.317. The summed E-state index contributed by atoms with van der Waals surface area (Å²) >= 11 is 1.66. The fraction of sp³-hybridized carbons (Fsp3) is 0.600. The first kappa shape index (κ1) is 15.4. The highest BCUT2D eigenvalue weighted by molar-refractivity contribution is 7.99. The van der Waals surface area contributed by atoms with Gasteiger partial charge < -0.3 is 9.84 Å². The van der Waals surface area contributed by atoms with Crippen molar-refractivity contribution in [1.29, 1.82) is 0 Å². The molecule has 1 unspecified atom stereocenters. The second kappa shape index (κ2) is 6.75. The maximum Gasteiger partial charge on any atom is 0.229 e. The van der Waals surface area contributed by atoms with E-state index in [1.54, 1.807) is 11.8 Å². The average Bonchev–Trinajstić information content (AvgIpc) is 3.21. The molecule has 0 radical (unpaired) electrons. The van der Waals surface area contributed by atoms with Crippen LogP contribution >= 0.6 is 11.8 Å². The molecule has 1 fully saturated rings. The van der Waals surface area contributed by atoms with Crippen molar-refractivity contribution >= 4 is 11.8 Å². The standard InChI is InChI=1S/C15H21N5OS/c1-9-6-10(2)18-15(17-9)22-8-11(3)16-7-13-19-14(21-20-13)12-4-5-12/h6,11-12,16H,4-5,7-8H2,1-3H3. The molecule has 6 nitrogen and oxygen atoms in total. The summed E-state index contributed by atoms with van der Waals surface area (Å²) < 4.78 is 5.25. The summed E-state index contributed by atoms with van der Waals surface area (Å²) in [6, 6.07) is 2.30. The highest BCUT2D eigenvalue weighted by atomic mass is 32.2. The summed E-state index contributed by atoms with van der Waals surface area (Å²) in [4.78, 5) is 13.3. The zero-order valence-corrected chi connectivity index (χ0v) is 14.0. The molecule has 1 N–H and O–H groups in total. The van der Waals surface area contributed by atoms with Gasteiger partial charge in [-0.15, -0.1) is 0 Å². The molecule has 0 aliphatic heterocycles. The first-order valence-electron chi connectivity index (χ1n) is 7.61. The van der Waals surface area contributed by atoms with Gasteiger partial charge in [-0.05, 0) is 39.7 Å². The number of rotatable bonds is 7. The zero-order valence-electron chi connectivity index (χ0n) is 13.2. The van der Waals surface area contributed by atoms with Crippen LogP contribution in [-0.2, 0) is 6.54 Å². The van der Waals surface area contributed by atoms with E-state index < -0.39 is 0 Å². The normalized spacial score (nSPS) is 16.0. The van der Waals surface area contributed by atoms with Crippen LogP contribution < -0.4 is 5.32 Å². The molecule has 0 amide bonds. The Bertz CT molecular complexity index is 620. The van der Waals surface area contributed by atoms with Gasteiger partial charge >= 0.3 is 0 Å². The van der Waals surface area contributed by atoms with Gasteiger partial charge in [-0.3, -0.25) is 0 Å². The molecule has 22 heavy (non-hydrogen) atoms. The lowest BCUT2D eigenvalue weighted by molar-refractivity contribution is 0.372. The quantitative estimate of drug-likeness (QED) is 0.621. The molecule has 0 saturated heterocycles. The monoisotopic (exact) mass is 319 g/mol. The lowest BCUT2D eigenvalue weighted by atomic mass is 10.4. The Kier molecular flexibility index (Phi) is 4.73. The highest BCUT2D eigenvalue weighted by Gasteiger charge is 2.29. The minimum absolute atomic E-state index is 0.317. The smallest absolute Gasteiger partial charge is 0.229 e. The van der Waals surface area contributed by atoms with Crippen molar-refractivity contribution in [2.45, 2.75) is 57.3 Å². The number of aryl methyl sites for hydroxylation is 2. The number of hydrogen-bond acceptors (Lipinski definition) is 7. The summed E-state index contributed by atoms with van der Waals surface area (Å²) in [7, 11) is 0. The van der Waals surface area contributed by atoms with Gasteiger partial charge in [0.1, 0.15) is 0 Å². The van der Waals surface area contributed by atoms with Crippen molar-refractivity contribution in [3.05, 3.63) is 29.2 Å². The van der Waals surface area contributed by atoms with Gasteiger partial charge in [-0.25, -0.2) is 9.97 Å². The van der Waals surface area contributed by atoms with Crippen molar-refractivity contribution in [3.63, 3.8) is 0 Å². The predicted octanol–water partition coefficient (Wildman–Crippen LogP) is 2.62. The maximum absolute atomic E-state index is 5.25. The van der Waals surface area contributed by atoms with Crippen LogP contribution in [-0.4, -0.2) is 31.9 Å². The molecule has 1 aliphatic carbocycles. The van der Waals surface area contributed by atoms with Crippen molar-refractivity contribution in [2.24, 2.45) is 0 Å². The molecule has 1 aliphatic rings. The van der Waals surface area contributed by atoms with E-state index in [-0.39, 0.29) is 0 Å². The fourth-order valence-electron chi connectivity index (χ4n) is 2.12. The van der Waals surface area contributed by atoms with Gasteiger partial charge in [0, 0.05) is 29.1 Å². The Hall–Kier alpha value is -1.47. The van der Waals surface area contributed by atoms with Crippen molar-refractivity contribution in [1.82, 2.24) is 25.4 Å². The Morgan fingerprint density at radius 2 is 2.00 bits per heavy atom. The third-order valence-electron chi connectivity index (χ3n) is 3.44. The van der Waals surface area contributed by atoms with Gasteiger partial charge in [0.2, 0.25) is 5.89 Å². The average molecular weight is 319 g/mol. The molecule has 118 valence electrons. The summed E-state index contributed by atoms with van der Waals surface area (Å²) in [5.41, 5.74) is 2.02. The minimum Gasteiger partial charge on any atom is -0.339 e. The van der Waals surface area contributed by atoms with E-state index in [0.29, 0.717) is 18.5 Å². The molecule has 0 bridgehead atoms. The zero-order chi connectivity index (χ0) is 15.5. The summed E-state index contributed by atoms with van der Waals surface area (Å²) in [6.45, 7) is 6.76. The SMILES string of the molecule is Cc1cc(C)nc(SCC(C)NCc2noc(C3CC3)n2)n1. The first-order valence-corrected chi connectivity index (χ1v) is 8.59. The number of nitrogens with one attached hydrogen (secondary N) is 1. The van der Waals surface area contributed by atoms with Gasteiger partial charge in [-0.2, -0.15) is 4.98 Å². The molecule has 2 aromatic heterocycles. The number of aromatic nitrogens is 4. The Morgan fingerprint density at radius 1 is 1.27 bits per heavy atom. The van der Waals surface area contributed by atoms with Crippen LogP contribution in [0.4, 0.5) is 0 Å². The molecule has 2 aromatic rings. The molecule has 0 aromatic carbocycles. The van der Waals surface area contributed by atoms with Crippen molar-refractivity contribution < 1.29 is 4.52 Å². The first-order chi connectivity index (χ1) is 10.6. The number of nitrogens with zero attached hydrogens (tertiary/aromatic N) is 4. The van der Waals surface area contributed by atoms with Crippen LogP contribution in [0.3, 0.4) is 0 Å². The Morgan fingerprint density at radius 3 is 2.68 bits per heavy atom. The third-order valence-corrected chi connectivity index (χ3v) is 4.55. The lowest BCUT2D eigenvalue weighted by Gasteiger charge is -2.11. The van der Waals surface area contributed by atoms with Gasteiger partial charge in [0.15, 0.2) is 11.0 Å². The van der Waals surface area contributed by atoms with Crippen LogP contribution in [0.1, 0.15) is 48.8 Å². The van der Waals surface area contributed by atoms with Crippen LogP contribution in [0.2, 0.25) is 0 Å². The number of hydrogen-bond donors (Lipinski definition) is 1. The van der Waals surface area contributed by atoms with E-state index in [2.05, 4.69) is 32.3 Å². The van der Waals surface area contributed by atoms with E-state index >= 15 is 0 Å². The molecular weight excluding hydrogens is 298 g/mol. The highest BCUT2D eigenvalue weighted by Crippen LogP contribution is 2.38. The molecule has 3 rings (SSSR count). The largest absolute Gasteiger partial charge is 0.339 e. The molecular formula is C15H21N5OS. The molecule has 1 atom stereocenters. The Labute approximate surface area is 134 Å². The van der Waals surface area contributed by atoms with Crippen LogP contribution in [0, 0.1) is 13.8 Å². The van der Waals surface area contributed by atoms with Gasteiger partial charge in [-0.1, -0.05) is 16.9 Å². The number of thioether (sulfide) groups is 1. The summed E-state index contributed by atoms with van der Waals surface area (Å²) in [6.07, 6.45) is 2.36.